The molecular weight excluding hydrogens is 346 g/mol. The summed E-state index contributed by atoms with van der Waals surface area (Å²) in [5.74, 6) is 5.81. The van der Waals surface area contributed by atoms with E-state index >= 15 is 0 Å². The van der Waals surface area contributed by atoms with E-state index in [-0.39, 0.29) is 24.4 Å². The van der Waals surface area contributed by atoms with Gasteiger partial charge in [-0.3, -0.25) is 19.9 Å². The Morgan fingerprint density at radius 1 is 1.15 bits per heavy atom. The van der Waals surface area contributed by atoms with Gasteiger partial charge in [-0.05, 0) is 18.2 Å². The molecule has 1 N–H and O–H groups in total. The number of pyridine rings is 1. The number of benzene rings is 2. The maximum atomic E-state index is 12.0. The topological polar surface area (TPSA) is 94.4 Å². The summed E-state index contributed by atoms with van der Waals surface area (Å²) >= 11 is 0. The van der Waals surface area contributed by atoms with E-state index in [1.54, 1.807) is 6.20 Å². The van der Waals surface area contributed by atoms with Crippen molar-refractivity contribution in [1.82, 2.24) is 10.3 Å². The molecule has 7 nitrogen and oxygen atoms in total. The molecule has 0 unspecified atom stereocenters. The first-order valence-corrected chi connectivity index (χ1v) is 8.10. The van der Waals surface area contributed by atoms with Gasteiger partial charge < -0.3 is 10.1 Å². The molecule has 0 saturated carbocycles. The summed E-state index contributed by atoms with van der Waals surface area (Å²) in [6.07, 6.45) is 1.70. The number of hydrogen-bond acceptors (Lipinski definition) is 5. The number of para-hydroxylation sites is 1. The number of fused-ring (bicyclic) bond motifs is 1. The number of nitro benzene ring substituents is 1. The minimum absolute atomic E-state index is 0.110. The lowest BCUT2D eigenvalue weighted by molar-refractivity contribution is -0.384. The van der Waals surface area contributed by atoms with Crippen molar-refractivity contribution in [2.24, 2.45) is 0 Å². The van der Waals surface area contributed by atoms with Crippen molar-refractivity contribution in [3.8, 4) is 17.6 Å². The highest BCUT2D eigenvalue weighted by Crippen LogP contribution is 2.22. The zero-order chi connectivity index (χ0) is 19.1. The van der Waals surface area contributed by atoms with Gasteiger partial charge >= 0.3 is 0 Å². The number of hydrogen-bond donors (Lipinski definition) is 1. The summed E-state index contributed by atoms with van der Waals surface area (Å²) in [7, 11) is 0. The van der Waals surface area contributed by atoms with Crippen LogP contribution in [0.25, 0.3) is 10.9 Å². The van der Waals surface area contributed by atoms with Crippen molar-refractivity contribution in [1.29, 1.82) is 0 Å². The van der Waals surface area contributed by atoms with Gasteiger partial charge in [0, 0.05) is 29.3 Å². The van der Waals surface area contributed by atoms with E-state index in [1.165, 1.54) is 24.3 Å². The van der Waals surface area contributed by atoms with E-state index in [0.717, 1.165) is 10.9 Å². The van der Waals surface area contributed by atoms with Crippen molar-refractivity contribution in [3.05, 3.63) is 76.5 Å². The summed E-state index contributed by atoms with van der Waals surface area (Å²) in [4.78, 5) is 26.5. The second-order valence-electron chi connectivity index (χ2n) is 5.46. The highest BCUT2D eigenvalue weighted by molar-refractivity contribution is 5.94. The molecule has 0 bridgehead atoms. The predicted octanol–water partition coefficient (Wildman–Crippen LogP) is 2.96. The highest BCUT2D eigenvalue weighted by atomic mass is 16.6. The molecule has 1 heterocycles. The van der Waals surface area contributed by atoms with E-state index in [9.17, 15) is 14.9 Å². The number of ether oxygens (including phenoxy) is 1. The Labute approximate surface area is 155 Å². The number of aromatic nitrogens is 1. The average Bonchev–Trinajstić information content (AvgIpc) is 2.70. The molecular formula is C20H15N3O4. The van der Waals surface area contributed by atoms with Crippen LogP contribution < -0.4 is 10.1 Å². The second-order valence-corrected chi connectivity index (χ2v) is 5.46. The van der Waals surface area contributed by atoms with Gasteiger partial charge in [-0.2, -0.15) is 0 Å². The Morgan fingerprint density at radius 2 is 1.96 bits per heavy atom. The fourth-order valence-electron chi connectivity index (χ4n) is 2.41. The highest BCUT2D eigenvalue weighted by Gasteiger charge is 2.10. The Hall–Kier alpha value is -3.92. The van der Waals surface area contributed by atoms with Crippen LogP contribution in [0.5, 0.6) is 5.75 Å². The second kappa shape index (κ2) is 8.45. The standard InChI is InChI=1S/C20H15N3O4/c24-20(16-7-3-9-17(14-16)23(25)26)22-11-1-2-13-27-18-10-4-6-15-8-5-12-21-19(15)18/h3-10,12,14H,11,13H2,(H,22,24). The lowest BCUT2D eigenvalue weighted by Crippen LogP contribution is -2.23. The number of nitrogens with one attached hydrogen (secondary N) is 1. The first-order valence-electron chi connectivity index (χ1n) is 8.10. The van der Waals surface area contributed by atoms with E-state index in [2.05, 4.69) is 22.1 Å². The van der Waals surface area contributed by atoms with Gasteiger partial charge in [-0.15, -0.1) is 0 Å². The molecule has 0 radical (unpaired) electrons. The van der Waals surface area contributed by atoms with Crippen molar-refractivity contribution in [2.75, 3.05) is 13.2 Å². The van der Waals surface area contributed by atoms with Crippen LogP contribution in [0.3, 0.4) is 0 Å². The van der Waals surface area contributed by atoms with E-state index in [4.69, 9.17) is 4.74 Å². The first kappa shape index (κ1) is 17.9. The number of carbonyl (C=O) groups is 1. The molecule has 3 aromatic rings. The third-order valence-corrected chi connectivity index (χ3v) is 3.68. The van der Waals surface area contributed by atoms with E-state index < -0.39 is 10.8 Å². The normalized spacial score (nSPS) is 9.93. The van der Waals surface area contributed by atoms with Crippen LogP contribution >= 0.6 is 0 Å². The minimum atomic E-state index is -0.546. The van der Waals surface area contributed by atoms with E-state index in [0.29, 0.717) is 5.75 Å². The summed E-state index contributed by atoms with van der Waals surface area (Å²) in [6.45, 7) is 0.265. The van der Waals surface area contributed by atoms with Crippen LogP contribution in [0.15, 0.2) is 60.8 Å². The van der Waals surface area contributed by atoms with Crippen molar-refractivity contribution >= 4 is 22.5 Å². The van der Waals surface area contributed by atoms with Crippen LogP contribution in [-0.2, 0) is 0 Å². The molecule has 0 saturated heterocycles. The zero-order valence-electron chi connectivity index (χ0n) is 14.2. The third-order valence-electron chi connectivity index (χ3n) is 3.68. The third kappa shape index (κ3) is 4.58. The van der Waals surface area contributed by atoms with Gasteiger partial charge in [-0.25, -0.2) is 0 Å². The molecule has 1 aromatic heterocycles. The summed E-state index contributed by atoms with van der Waals surface area (Å²) < 4.78 is 5.63. The van der Waals surface area contributed by atoms with Crippen LogP contribution in [0, 0.1) is 22.0 Å². The van der Waals surface area contributed by atoms with Crippen molar-refractivity contribution in [2.45, 2.75) is 0 Å². The Kier molecular flexibility index (Phi) is 5.60. The summed E-state index contributed by atoms with van der Waals surface area (Å²) in [5, 5.41) is 14.3. The molecule has 134 valence electrons. The van der Waals surface area contributed by atoms with Gasteiger partial charge in [-0.1, -0.05) is 36.1 Å². The molecule has 0 aliphatic heterocycles. The van der Waals surface area contributed by atoms with Gasteiger partial charge in [0.1, 0.15) is 17.9 Å². The monoisotopic (exact) mass is 361 g/mol. The van der Waals surface area contributed by atoms with Gasteiger partial charge in [0.25, 0.3) is 11.6 Å². The Morgan fingerprint density at radius 3 is 2.81 bits per heavy atom. The number of carbonyl (C=O) groups excluding carboxylic acids is 1. The molecule has 0 spiro atoms. The average molecular weight is 361 g/mol. The predicted molar refractivity (Wildman–Crippen MR) is 100 cm³/mol. The first-order chi connectivity index (χ1) is 13.1. The van der Waals surface area contributed by atoms with Gasteiger partial charge in [0.2, 0.25) is 0 Å². The number of non-ortho nitro benzene ring substituents is 1. The Bertz CT molecular complexity index is 1050. The zero-order valence-corrected chi connectivity index (χ0v) is 14.2. The lowest BCUT2D eigenvalue weighted by Gasteiger charge is -2.05. The Balaban J connectivity index is 1.52. The smallest absolute Gasteiger partial charge is 0.270 e. The molecule has 0 fully saturated rings. The van der Waals surface area contributed by atoms with Gasteiger partial charge in [0.15, 0.2) is 0 Å². The van der Waals surface area contributed by atoms with E-state index in [1.807, 2.05) is 30.3 Å². The lowest BCUT2D eigenvalue weighted by atomic mass is 10.2. The number of nitrogens with zero attached hydrogens (tertiary/aromatic N) is 2. The van der Waals surface area contributed by atoms with Crippen molar-refractivity contribution in [3.63, 3.8) is 0 Å². The van der Waals surface area contributed by atoms with Gasteiger partial charge in [0.05, 0.1) is 11.5 Å². The van der Waals surface area contributed by atoms with Crippen LogP contribution in [-0.4, -0.2) is 29.0 Å². The SMILES string of the molecule is O=C(NCC#CCOc1cccc2cccnc12)c1cccc([N+](=O)[O-])c1. The molecule has 2 aromatic carbocycles. The summed E-state index contributed by atoms with van der Waals surface area (Å²) in [6, 6.07) is 15.0. The molecule has 27 heavy (non-hydrogen) atoms. The largest absolute Gasteiger partial charge is 0.479 e. The fraction of sp³-hybridized carbons (Fsp3) is 0.100. The number of nitro groups is 1. The molecule has 0 aliphatic carbocycles. The maximum absolute atomic E-state index is 12.0. The molecule has 3 rings (SSSR count). The molecule has 0 aliphatic rings. The summed E-state index contributed by atoms with van der Waals surface area (Å²) in [5.41, 5.74) is 0.843. The minimum Gasteiger partial charge on any atom is -0.479 e. The van der Waals surface area contributed by atoms with Crippen LogP contribution in [0.4, 0.5) is 5.69 Å². The van der Waals surface area contributed by atoms with Crippen LogP contribution in [0.2, 0.25) is 0 Å². The van der Waals surface area contributed by atoms with Crippen molar-refractivity contribution < 1.29 is 14.5 Å². The number of rotatable bonds is 5. The van der Waals surface area contributed by atoms with Crippen LogP contribution in [0.1, 0.15) is 10.4 Å². The fourth-order valence-corrected chi connectivity index (χ4v) is 2.41. The molecule has 7 heteroatoms. The molecule has 0 atom stereocenters. The number of amides is 1. The maximum Gasteiger partial charge on any atom is 0.270 e. The molecule has 1 amide bonds. The quantitative estimate of drug-likeness (QED) is 0.428.